The van der Waals surface area contributed by atoms with E-state index in [1.807, 2.05) is 6.92 Å². The van der Waals surface area contributed by atoms with Gasteiger partial charge in [0.15, 0.2) is 0 Å². The molecule has 78 valence electrons. The zero-order valence-electron chi connectivity index (χ0n) is 8.16. The lowest BCUT2D eigenvalue weighted by atomic mass is 10.3. The van der Waals surface area contributed by atoms with E-state index >= 15 is 0 Å². The fourth-order valence-corrected chi connectivity index (χ4v) is 1.20. The Morgan fingerprint density at radius 3 is 2.93 bits per heavy atom. The predicted octanol–water partition coefficient (Wildman–Crippen LogP) is 0.881. The van der Waals surface area contributed by atoms with Crippen molar-refractivity contribution in [3.8, 4) is 0 Å². The summed E-state index contributed by atoms with van der Waals surface area (Å²) < 4.78 is 0. The first-order valence-corrected chi connectivity index (χ1v) is 4.42. The Morgan fingerprint density at radius 1 is 1.60 bits per heavy atom. The quantitative estimate of drug-likeness (QED) is 0.585. The fourth-order valence-electron chi connectivity index (χ4n) is 1.20. The average molecular weight is 205 g/mol. The number of carbonyl (C=O) groups is 1. The van der Waals surface area contributed by atoms with Gasteiger partial charge in [0.2, 0.25) is 0 Å². The lowest BCUT2D eigenvalue weighted by Gasteiger charge is -2.00. The Kier molecular flexibility index (Phi) is 2.17. The first-order chi connectivity index (χ1) is 7.16. The van der Waals surface area contributed by atoms with Crippen LogP contribution in [0.25, 0.3) is 0 Å². The number of nitrogens with zero attached hydrogens (tertiary/aromatic N) is 1. The third-order valence-corrected chi connectivity index (χ3v) is 2.02. The summed E-state index contributed by atoms with van der Waals surface area (Å²) in [6.07, 6.45) is 3.20. The SMILES string of the molecule is Cc1cn[nH]c1NC(=O)c1cc(N)c[nH]1. The number of hydrogen-bond acceptors (Lipinski definition) is 3. The van der Waals surface area contributed by atoms with Crippen molar-refractivity contribution in [2.75, 3.05) is 11.1 Å². The summed E-state index contributed by atoms with van der Waals surface area (Å²) in [7, 11) is 0. The van der Waals surface area contributed by atoms with E-state index in [4.69, 9.17) is 5.73 Å². The van der Waals surface area contributed by atoms with Gasteiger partial charge in [0, 0.05) is 17.4 Å². The van der Waals surface area contributed by atoms with Gasteiger partial charge in [0.25, 0.3) is 5.91 Å². The molecule has 0 fully saturated rings. The topological polar surface area (TPSA) is 99.6 Å². The van der Waals surface area contributed by atoms with Gasteiger partial charge in [-0.3, -0.25) is 9.89 Å². The summed E-state index contributed by atoms with van der Waals surface area (Å²) in [5.74, 6) is 0.340. The molecule has 0 spiro atoms. The molecule has 6 nitrogen and oxygen atoms in total. The normalized spacial score (nSPS) is 10.2. The Bertz CT molecular complexity index is 484. The van der Waals surface area contributed by atoms with Crippen LogP contribution in [0.4, 0.5) is 11.5 Å². The van der Waals surface area contributed by atoms with Gasteiger partial charge in [-0.2, -0.15) is 5.10 Å². The fraction of sp³-hybridized carbons (Fsp3) is 0.111. The summed E-state index contributed by atoms with van der Waals surface area (Å²) in [4.78, 5) is 14.4. The van der Waals surface area contributed by atoms with E-state index in [0.717, 1.165) is 5.56 Å². The van der Waals surface area contributed by atoms with E-state index in [-0.39, 0.29) is 5.91 Å². The van der Waals surface area contributed by atoms with Crippen LogP contribution in [0, 0.1) is 6.92 Å². The molecule has 15 heavy (non-hydrogen) atoms. The maximum Gasteiger partial charge on any atom is 0.273 e. The largest absolute Gasteiger partial charge is 0.397 e. The van der Waals surface area contributed by atoms with Crippen LogP contribution in [-0.2, 0) is 0 Å². The first kappa shape index (κ1) is 9.32. The molecule has 2 heterocycles. The van der Waals surface area contributed by atoms with Gasteiger partial charge in [-0.15, -0.1) is 0 Å². The maximum atomic E-state index is 11.6. The van der Waals surface area contributed by atoms with E-state index in [1.54, 1.807) is 18.5 Å². The predicted molar refractivity (Wildman–Crippen MR) is 56.5 cm³/mol. The van der Waals surface area contributed by atoms with Crippen molar-refractivity contribution >= 4 is 17.4 Å². The molecule has 6 heteroatoms. The van der Waals surface area contributed by atoms with Gasteiger partial charge >= 0.3 is 0 Å². The number of nitrogens with two attached hydrogens (primary N) is 1. The van der Waals surface area contributed by atoms with E-state index in [2.05, 4.69) is 20.5 Å². The number of H-pyrrole nitrogens is 2. The van der Waals surface area contributed by atoms with Gasteiger partial charge < -0.3 is 16.0 Å². The van der Waals surface area contributed by atoms with Crippen LogP contribution in [0.2, 0.25) is 0 Å². The van der Waals surface area contributed by atoms with Crippen molar-refractivity contribution in [1.82, 2.24) is 15.2 Å². The molecule has 0 saturated carbocycles. The minimum atomic E-state index is -0.251. The van der Waals surface area contributed by atoms with Gasteiger partial charge in [-0.25, -0.2) is 0 Å². The number of aromatic nitrogens is 3. The zero-order valence-corrected chi connectivity index (χ0v) is 8.16. The maximum absolute atomic E-state index is 11.6. The van der Waals surface area contributed by atoms with E-state index in [0.29, 0.717) is 17.2 Å². The molecular formula is C9H11N5O. The lowest BCUT2D eigenvalue weighted by Crippen LogP contribution is -2.13. The smallest absolute Gasteiger partial charge is 0.273 e. The van der Waals surface area contributed by atoms with Gasteiger partial charge in [-0.05, 0) is 13.0 Å². The Labute approximate surface area is 85.9 Å². The second-order valence-corrected chi connectivity index (χ2v) is 3.23. The Morgan fingerprint density at radius 2 is 2.40 bits per heavy atom. The highest BCUT2D eigenvalue weighted by Crippen LogP contribution is 2.11. The molecule has 0 aromatic carbocycles. The molecule has 0 atom stereocenters. The van der Waals surface area contributed by atoms with Gasteiger partial charge in [0.05, 0.1) is 6.20 Å². The summed E-state index contributed by atoms with van der Waals surface area (Å²) >= 11 is 0. The third-order valence-electron chi connectivity index (χ3n) is 2.02. The number of nitrogens with one attached hydrogen (secondary N) is 3. The van der Waals surface area contributed by atoms with E-state index < -0.39 is 0 Å². The molecule has 2 aromatic rings. The molecule has 0 aliphatic heterocycles. The monoisotopic (exact) mass is 205 g/mol. The second kappa shape index (κ2) is 3.49. The molecule has 0 aliphatic rings. The zero-order chi connectivity index (χ0) is 10.8. The molecule has 0 bridgehead atoms. The molecule has 0 radical (unpaired) electrons. The van der Waals surface area contributed by atoms with Crippen LogP contribution in [0.3, 0.4) is 0 Å². The standard InChI is InChI=1S/C9H11N5O/c1-5-3-12-14-8(5)13-9(15)7-2-6(10)4-11-7/h2-4,11H,10H2,1H3,(H2,12,13,14,15). The highest BCUT2D eigenvalue weighted by molar-refractivity contribution is 6.03. The number of carbonyl (C=O) groups excluding carboxylic acids is 1. The van der Waals surface area contributed by atoms with Crippen molar-refractivity contribution < 1.29 is 4.79 Å². The molecule has 0 unspecified atom stereocenters. The Balaban J connectivity index is 2.14. The molecule has 2 rings (SSSR count). The second-order valence-electron chi connectivity index (χ2n) is 3.23. The highest BCUT2D eigenvalue weighted by atomic mass is 16.1. The van der Waals surface area contributed by atoms with Crippen molar-refractivity contribution in [2.24, 2.45) is 0 Å². The summed E-state index contributed by atoms with van der Waals surface area (Å²) in [6, 6.07) is 1.57. The molecule has 0 saturated heterocycles. The average Bonchev–Trinajstić information content (AvgIpc) is 2.77. The summed E-state index contributed by atoms with van der Waals surface area (Å²) in [5.41, 5.74) is 7.31. The van der Waals surface area contributed by atoms with Crippen molar-refractivity contribution in [1.29, 1.82) is 0 Å². The van der Waals surface area contributed by atoms with Crippen LogP contribution in [0.1, 0.15) is 16.1 Å². The molecule has 5 N–H and O–H groups in total. The molecule has 1 amide bonds. The van der Waals surface area contributed by atoms with Crippen LogP contribution < -0.4 is 11.1 Å². The highest BCUT2D eigenvalue weighted by Gasteiger charge is 2.09. The third kappa shape index (κ3) is 1.83. The lowest BCUT2D eigenvalue weighted by molar-refractivity contribution is 0.102. The first-order valence-electron chi connectivity index (χ1n) is 4.42. The molecule has 0 aliphatic carbocycles. The molecular weight excluding hydrogens is 194 g/mol. The summed E-state index contributed by atoms with van der Waals surface area (Å²) in [5, 5.41) is 9.16. The van der Waals surface area contributed by atoms with E-state index in [9.17, 15) is 4.79 Å². The van der Waals surface area contributed by atoms with Crippen LogP contribution >= 0.6 is 0 Å². The van der Waals surface area contributed by atoms with Crippen molar-refractivity contribution in [3.05, 3.63) is 29.7 Å². The minimum Gasteiger partial charge on any atom is -0.397 e. The number of aromatic amines is 2. The number of nitrogen functional groups attached to an aromatic ring is 1. The van der Waals surface area contributed by atoms with E-state index in [1.165, 1.54) is 0 Å². The van der Waals surface area contributed by atoms with Crippen molar-refractivity contribution in [3.63, 3.8) is 0 Å². The van der Waals surface area contributed by atoms with Gasteiger partial charge in [-0.1, -0.05) is 0 Å². The summed E-state index contributed by atoms with van der Waals surface area (Å²) in [6.45, 7) is 1.85. The number of hydrogen-bond donors (Lipinski definition) is 4. The number of amides is 1. The number of anilines is 2. The van der Waals surface area contributed by atoms with Gasteiger partial charge in [0.1, 0.15) is 11.5 Å². The van der Waals surface area contributed by atoms with Crippen molar-refractivity contribution in [2.45, 2.75) is 6.92 Å². The Hall–Kier alpha value is -2.24. The van der Waals surface area contributed by atoms with Crippen LogP contribution in [0.15, 0.2) is 18.5 Å². The molecule has 2 aromatic heterocycles. The minimum absolute atomic E-state index is 0.251. The number of rotatable bonds is 2. The van der Waals surface area contributed by atoms with Crippen LogP contribution in [-0.4, -0.2) is 21.1 Å². The number of aryl methyl sites for hydroxylation is 1. The van der Waals surface area contributed by atoms with Crippen LogP contribution in [0.5, 0.6) is 0 Å².